The molecule has 214 valence electrons. The fourth-order valence-electron chi connectivity index (χ4n) is 12.2. The maximum atomic E-state index is 10.2. The molecule has 7 aliphatic rings. The number of aliphatic hydroxyl groups excluding tert-OH is 2. The van der Waals surface area contributed by atoms with Crippen molar-refractivity contribution < 1.29 is 14.9 Å². The Labute approximate surface area is 239 Å². The first-order chi connectivity index (χ1) is 19.6. The van der Waals surface area contributed by atoms with Crippen LogP contribution in [-0.4, -0.2) is 71.6 Å². The van der Waals surface area contributed by atoms with Gasteiger partial charge in [0.2, 0.25) is 0 Å². The normalized spacial score (nSPS) is 42.0. The maximum Gasteiger partial charge on any atom is 0.0760 e. The van der Waals surface area contributed by atoms with E-state index in [2.05, 4.69) is 72.4 Å². The SMILES string of the molecule is CN(CCCC12OC3(CCCN(C)[C@H](CO)c4ccccc4)C4C5CC(C6C5C3C61)C42)[C@H](CO)c1ccccc1. The van der Waals surface area contributed by atoms with E-state index in [1.54, 1.807) is 0 Å². The third-order valence-electron chi connectivity index (χ3n) is 13.1. The van der Waals surface area contributed by atoms with Crippen molar-refractivity contribution >= 4 is 0 Å². The van der Waals surface area contributed by atoms with Crippen molar-refractivity contribution in [3.63, 3.8) is 0 Å². The Bertz CT molecular complexity index is 1130. The minimum atomic E-state index is 0.0623. The third kappa shape index (κ3) is 3.22. The lowest BCUT2D eigenvalue weighted by atomic mass is 9.53. The Balaban J connectivity index is 0.945. The second-order valence-electron chi connectivity index (χ2n) is 14.2. The molecule has 2 aromatic carbocycles. The molecule has 4 bridgehead atoms. The summed E-state index contributed by atoms with van der Waals surface area (Å²) < 4.78 is 7.51. The molecule has 5 nitrogen and oxygen atoms in total. The summed E-state index contributed by atoms with van der Waals surface area (Å²) in [5, 5.41) is 20.3. The summed E-state index contributed by atoms with van der Waals surface area (Å²) in [5.41, 5.74) is 2.67. The van der Waals surface area contributed by atoms with Gasteiger partial charge in [0.15, 0.2) is 0 Å². The van der Waals surface area contributed by atoms with Gasteiger partial charge in [0.25, 0.3) is 0 Å². The monoisotopic (exact) mass is 542 g/mol. The van der Waals surface area contributed by atoms with Crippen molar-refractivity contribution in [3.05, 3.63) is 71.8 Å². The summed E-state index contributed by atoms with van der Waals surface area (Å²) in [7, 11) is 4.34. The zero-order valence-corrected chi connectivity index (χ0v) is 24.1. The summed E-state index contributed by atoms with van der Waals surface area (Å²) in [6, 6.07) is 21.0. The topological polar surface area (TPSA) is 56.2 Å². The van der Waals surface area contributed by atoms with Crippen LogP contribution in [0.15, 0.2) is 60.7 Å². The van der Waals surface area contributed by atoms with E-state index in [-0.39, 0.29) is 36.5 Å². The lowest BCUT2D eigenvalue weighted by Gasteiger charge is -2.48. The van der Waals surface area contributed by atoms with E-state index in [9.17, 15) is 10.2 Å². The summed E-state index contributed by atoms with van der Waals surface area (Å²) >= 11 is 0. The standard InChI is InChI=1S/C35H46N2O3/c1-36(26(20-38)22-11-5-3-6-12-22)17-9-15-34-30-24-19-25-29-28(24)32(34)33(29)35(40-34,31(25)30)16-10-18-37(2)27(21-39)23-13-7-4-8-14-23/h3-8,11-14,24-33,38-39H,9-10,15-21H2,1-2H3/t24?,25?,26-,27-,28?,29?,30?,31?,32?,33?,34?,35?/m1/s1. The van der Waals surface area contributed by atoms with Crippen molar-refractivity contribution in [2.45, 2.75) is 55.4 Å². The Morgan fingerprint density at radius 1 is 0.700 bits per heavy atom. The first-order valence-corrected chi connectivity index (χ1v) is 16.0. The lowest BCUT2D eigenvalue weighted by molar-refractivity contribution is -0.0826. The first-order valence-electron chi connectivity index (χ1n) is 16.0. The van der Waals surface area contributed by atoms with Gasteiger partial charge in [0.1, 0.15) is 0 Å². The van der Waals surface area contributed by atoms with Crippen LogP contribution in [0.1, 0.15) is 55.3 Å². The first kappa shape index (κ1) is 25.9. The van der Waals surface area contributed by atoms with E-state index in [4.69, 9.17) is 4.74 Å². The second kappa shape index (κ2) is 9.37. The fourth-order valence-corrected chi connectivity index (χ4v) is 12.2. The number of hydrogen-bond donors (Lipinski definition) is 2. The lowest BCUT2D eigenvalue weighted by Crippen LogP contribution is -2.51. The van der Waals surface area contributed by atoms with Crippen LogP contribution in [0.5, 0.6) is 0 Å². The molecule has 40 heavy (non-hydrogen) atoms. The molecular weight excluding hydrogens is 496 g/mol. The van der Waals surface area contributed by atoms with E-state index in [1.807, 2.05) is 12.1 Å². The maximum absolute atomic E-state index is 10.2. The Kier molecular flexibility index (Phi) is 6.07. The van der Waals surface area contributed by atoms with Crippen LogP contribution in [-0.2, 0) is 4.74 Å². The molecule has 2 N–H and O–H groups in total. The molecule has 2 heterocycles. The van der Waals surface area contributed by atoms with Crippen LogP contribution < -0.4 is 0 Å². The van der Waals surface area contributed by atoms with Crippen molar-refractivity contribution in [3.8, 4) is 0 Å². The highest BCUT2D eigenvalue weighted by molar-refractivity contribution is 5.43. The van der Waals surface area contributed by atoms with E-state index in [0.717, 1.165) is 73.3 Å². The summed E-state index contributed by atoms with van der Waals surface area (Å²) in [4.78, 5) is 4.71. The number of likely N-dealkylation sites (N-methyl/N-ethyl adjacent to an activating group) is 2. The second-order valence-corrected chi connectivity index (χ2v) is 14.2. The van der Waals surface area contributed by atoms with E-state index < -0.39 is 0 Å². The Hall–Kier alpha value is -1.76. The molecule has 9 rings (SSSR count). The zero-order valence-electron chi connectivity index (χ0n) is 24.1. The van der Waals surface area contributed by atoms with Gasteiger partial charge in [0.05, 0.1) is 36.5 Å². The third-order valence-corrected chi connectivity index (χ3v) is 13.1. The molecule has 7 fully saturated rings. The molecule has 12 atom stereocenters. The average molecular weight is 543 g/mol. The van der Waals surface area contributed by atoms with Crippen molar-refractivity contribution in [2.75, 3.05) is 40.4 Å². The van der Waals surface area contributed by atoms with Gasteiger partial charge in [0, 0.05) is 0 Å². The molecule has 0 amide bonds. The van der Waals surface area contributed by atoms with Gasteiger partial charge in [-0.15, -0.1) is 0 Å². The Morgan fingerprint density at radius 2 is 1.12 bits per heavy atom. The zero-order chi connectivity index (χ0) is 27.2. The quantitative estimate of drug-likeness (QED) is 0.360. The fraction of sp³-hybridized carbons (Fsp3) is 0.657. The Morgan fingerprint density at radius 3 is 1.52 bits per heavy atom. The van der Waals surface area contributed by atoms with Crippen molar-refractivity contribution in [1.29, 1.82) is 0 Å². The highest BCUT2D eigenvalue weighted by Crippen LogP contribution is 2.94. The van der Waals surface area contributed by atoms with Crippen LogP contribution in [0.25, 0.3) is 0 Å². The van der Waals surface area contributed by atoms with Crippen LogP contribution in [0, 0.1) is 47.3 Å². The molecule has 5 heteroatoms. The molecule has 2 aromatic rings. The molecule has 5 saturated carbocycles. The molecule has 0 radical (unpaired) electrons. The highest BCUT2D eigenvalue weighted by atomic mass is 16.5. The summed E-state index contributed by atoms with van der Waals surface area (Å²) in [5.74, 6) is 7.06. The molecule has 2 saturated heterocycles. The summed E-state index contributed by atoms with van der Waals surface area (Å²) in [6.45, 7) is 2.32. The van der Waals surface area contributed by atoms with E-state index in [0.29, 0.717) is 0 Å². The minimum Gasteiger partial charge on any atom is -0.394 e. The van der Waals surface area contributed by atoms with Gasteiger partial charge < -0.3 is 14.9 Å². The molecule has 0 spiro atoms. The predicted octanol–water partition coefficient (Wildman–Crippen LogP) is 4.77. The largest absolute Gasteiger partial charge is 0.394 e. The van der Waals surface area contributed by atoms with Gasteiger partial charge >= 0.3 is 0 Å². The van der Waals surface area contributed by atoms with Crippen LogP contribution >= 0.6 is 0 Å². The average Bonchev–Trinajstić information content (AvgIpc) is 3.64. The smallest absolute Gasteiger partial charge is 0.0760 e. The molecule has 2 aliphatic heterocycles. The van der Waals surface area contributed by atoms with E-state index in [1.165, 1.54) is 30.4 Å². The number of benzene rings is 2. The van der Waals surface area contributed by atoms with Gasteiger partial charge in [-0.1, -0.05) is 60.7 Å². The molecular formula is C35H46N2O3. The predicted molar refractivity (Wildman–Crippen MR) is 155 cm³/mol. The molecule has 0 aromatic heterocycles. The van der Waals surface area contributed by atoms with Crippen LogP contribution in [0.4, 0.5) is 0 Å². The number of aliphatic hydroxyl groups is 2. The van der Waals surface area contributed by atoms with Crippen molar-refractivity contribution in [2.24, 2.45) is 47.3 Å². The molecule has 10 unspecified atom stereocenters. The van der Waals surface area contributed by atoms with Crippen molar-refractivity contribution in [1.82, 2.24) is 9.80 Å². The van der Waals surface area contributed by atoms with Gasteiger partial charge in [-0.3, -0.25) is 9.80 Å². The number of nitrogens with zero attached hydrogens (tertiary/aromatic N) is 2. The number of rotatable bonds is 14. The molecule has 5 aliphatic carbocycles. The number of ether oxygens (including phenoxy) is 1. The van der Waals surface area contributed by atoms with Gasteiger partial charge in [-0.25, -0.2) is 0 Å². The van der Waals surface area contributed by atoms with Gasteiger partial charge in [-0.05, 0) is 118 Å². The summed E-state index contributed by atoms with van der Waals surface area (Å²) in [6.07, 6.45) is 6.18. The van der Waals surface area contributed by atoms with Crippen LogP contribution in [0.2, 0.25) is 0 Å². The highest BCUT2D eigenvalue weighted by Gasteiger charge is 2.96. The minimum absolute atomic E-state index is 0.0623. The van der Waals surface area contributed by atoms with Gasteiger partial charge in [-0.2, -0.15) is 0 Å². The number of hydrogen-bond acceptors (Lipinski definition) is 5. The van der Waals surface area contributed by atoms with E-state index >= 15 is 0 Å². The van der Waals surface area contributed by atoms with Crippen LogP contribution in [0.3, 0.4) is 0 Å².